The smallest absolute Gasteiger partial charge is 0.319 e. The topological polar surface area (TPSA) is 90.0 Å². The van der Waals surface area contributed by atoms with Gasteiger partial charge in [-0.15, -0.1) is 0 Å². The first kappa shape index (κ1) is 24.0. The fourth-order valence-corrected chi connectivity index (χ4v) is 6.75. The molecule has 0 spiro atoms. The maximum absolute atomic E-state index is 13.4. The van der Waals surface area contributed by atoms with Crippen LogP contribution in [0.2, 0.25) is 0 Å². The van der Waals surface area contributed by atoms with Crippen LogP contribution < -0.4 is 5.32 Å². The van der Waals surface area contributed by atoms with E-state index in [4.69, 9.17) is 0 Å². The van der Waals surface area contributed by atoms with Gasteiger partial charge in [0.25, 0.3) is 5.91 Å². The quantitative estimate of drug-likeness (QED) is 0.643. The molecule has 2 aromatic carbocycles. The maximum atomic E-state index is 13.4. The molecule has 186 valence electrons. The summed E-state index contributed by atoms with van der Waals surface area (Å²) >= 11 is 0. The molecule has 0 saturated carbocycles. The lowest BCUT2D eigenvalue weighted by atomic mass is 9.90. The predicted octanol–water partition coefficient (Wildman–Crippen LogP) is 2.52. The van der Waals surface area contributed by atoms with Crippen LogP contribution in [-0.2, 0) is 33.2 Å². The molecule has 1 unspecified atom stereocenters. The highest BCUT2D eigenvalue weighted by molar-refractivity contribution is 7.89. The zero-order chi connectivity index (χ0) is 25.0. The van der Waals surface area contributed by atoms with Crippen LogP contribution in [0.5, 0.6) is 0 Å². The van der Waals surface area contributed by atoms with Crippen LogP contribution in [0.4, 0.5) is 4.79 Å². The van der Waals surface area contributed by atoms with Crippen molar-refractivity contribution in [3.63, 3.8) is 0 Å². The van der Waals surface area contributed by atoms with Crippen molar-refractivity contribution in [1.82, 2.24) is 19.4 Å². The van der Waals surface area contributed by atoms with E-state index in [0.29, 0.717) is 31.1 Å². The van der Waals surface area contributed by atoms with E-state index in [2.05, 4.69) is 17.4 Å². The molecule has 0 bridgehead atoms. The fraction of sp³-hybridized carbons (Fsp3) is 0.462. The Morgan fingerprint density at radius 1 is 0.914 bits per heavy atom. The average Bonchev–Trinajstić information content (AvgIpc) is 3.39. The molecule has 2 saturated heterocycles. The molecule has 2 fully saturated rings. The van der Waals surface area contributed by atoms with E-state index in [9.17, 15) is 18.0 Å². The van der Waals surface area contributed by atoms with E-state index >= 15 is 0 Å². The van der Waals surface area contributed by atoms with Crippen LogP contribution in [0.1, 0.15) is 41.2 Å². The molecule has 3 aliphatic rings. The zero-order valence-electron chi connectivity index (χ0n) is 20.5. The average molecular weight is 497 g/mol. The van der Waals surface area contributed by atoms with Gasteiger partial charge in [-0.3, -0.25) is 9.69 Å². The van der Waals surface area contributed by atoms with Crippen molar-refractivity contribution in [2.24, 2.45) is 0 Å². The van der Waals surface area contributed by atoms with Crippen molar-refractivity contribution in [2.75, 3.05) is 32.8 Å². The Hall–Kier alpha value is -2.75. The number of rotatable bonds is 5. The van der Waals surface area contributed by atoms with Crippen LogP contribution in [0.3, 0.4) is 0 Å². The van der Waals surface area contributed by atoms with Gasteiger partial charge in [-0.1, -0.05) is 24.3 Å². The van der Waals surface area contributed by atoms with E-state index in [1.54, 1.807) is 19.1 Å². The van der Waals surface area contributed by atoms with Crippen LogP contribution >= 0.6 is 0 Å². The number of aryl methyl sites for hydroxylation is 4. The van der Waals surface area contributed by atoms with Gasteiger partial charge in [0.05, 0.1) is 11.6 Å². The van der Waals surface area contributed by atoms with Crippen molar-refractivity contribution in [1.29, 1.82) is 0 Å². The first-order chi connectivity index (χ1) is 16.6. The highest BCUT2D eigenvalue weighted by Crippen LogP contribution is 2.33. The predicted molar refractivity (Wildman–Crippen MR) is 132 cm³/mol. The van der Waals surface area contributed by atoms with Gasteiger partial charge in [0.1, 0.15) is 5.54 Å². The third-order valence-corrected chi connectivity index (χ3v) is 9.63. The van der Waals surface area contributed by atoms with Crippen molar-refractivity contribution < 1.29 is 18.0 Å². The lowest BCUT2D eigenvalue weighted by Gasteiger charge is -2.35. The van der Waals surface area contributed by atoms with Gasteiger partial charge in [-0.25, -0.2) is 18.1 Å². The van der Waals surface area contributed by atoms with Gasteiger partial charge < -0.3 is 5.32 Å². The number of benzene rings is 2. The first-order valence-electron chi connectivity index (χ1n) is 12.2. The van der Waals surface area contributed by atoms with E-state index in [1.165, 1.54) is 20.3 Å². The van der Waals surface area contributed by atoms with Gasteiger partial charge in [0.2, 0.25) is 10.0 Å². The minimum atomic E-state index is -3.59. The second kappa shape index (κ2) is 8.72. The summed E-state index contributed by atoms with van der Waals surface area (Å²) in [5.41, 5.74) is 4.28. The Labute approximate surface area is 206 Å². The molecule has 8 nitrogen and oxygen atoms in total. The molecular weight excluding hydrogens is 464 g/mol. The van der Waals surface area contributed by atoms with E-state index < -0.39 is 21.6 Å². The van der Waals surface area contributed by atoms with E-state index in [-0.39, 0.29) is 12.6 Å². The van der Waals surface area contributed by atoms with Gasteiger partial charge in [0, 0.05) is 26.2 Å². The summed E-state index contributed by atoms with van der Waals surface area (Å²) < 4.78 is 27.7. The molecule has 0 aromatic heterocycles. The molecule has 9 heteroatoms. The number of amides is 3. The number of urea groups is 1. The lowest BCUT2D eigenvalue weighted by molar-refractivity contribution is -0.132. The Morgan fingerprint density at radius 3 is 2.34 bits per heavy atom. The third kappa shape index (κ3) is 4.15. The number of imide groups is 1. The first-order valence-corrected chi connectivity index (χ1v) is 13.6. The van der Waals surface area contributed by atoms with Crippen LogP contribution in [0, 0.1) is 13.8 Å². The Balaban J connectivity index is 1.25. The molecule has 2 aromatic rings. The van der Waals surface area contributed by atoms with E-state index in [1.807, 2.05) is 30.9 Å². The zero-order valence-corrected chi connectivity index (χ0v) is 21.3. The molecule has 2 heterocycles. The highest BCUT2D eigenvalue weighted by atomic mass is 32.2. The number of nitrogens with zero attached hydrogens (tertiary/aromatic N) is 3. The molecule has 0 radical (unpaired) electrons. The standard InChI is InChI=1S/C26H32N4O4S/c1-18-7-10-23(15-19(18)2)35(33,34)29-13-11-28(12-14-29)17-30-24(31)26(3,27-25(30)32)22-9-8-20-5-4-6-21(20)16-22/h7-10,15-16H,4-6,11-14,17H2,1-3H3,(H,27,32). The van der Waals surface area contributed by atoms with Crippen molar-refractivity contribution >= 4 is 22.0 Å². The molecule has 1 aliphatic carbocycles. The summed E-state index contributed by atoms with van der Waals surface area (Å²) in [7, 11) is -3.59. The fourth-order valence-electron chi connectivity index (χ4n) is 5.24. The summed E-state index contributed by atoms with van der Waals surface area (Å²) in [6, 6.07) is 10.8. The number of piperazine rings is 1. The summed E-state index contributed by atoms with van der Waals surface area (Å²) in [4.78, 5) is 29.7. The second-order valence-electron chi connectivity index (χ2n) is 10.0. The van der Waals surface area contributed by atoms with E-state index in [0.717, 1.165) is 36.0 Å². The molecule has 1 atom stereocenters. The number of carbonyl (C=O) groups excluding carboxylic acids is 2. The Bertz CT molecular complexity index is 1300. The molecule has 3 amide bonds. The summed E-state index contributed by atoms with van der Waals surface area (Å²) in [6.07, 6.45) is 3.18. The minimum absolute atomic E-state index is 0.142. The number of hydrogen-bond donors (Lipinski definition) is 1. The van der Waals surface area contributed by atoms with Crippen molar-refractivity contribution in [3.05, 3.63) is 64.2 Å². The molecule has 5 rings (SSSR count). The minimum Gasteiger partial charge on any atom is -0.319 e. The normalized spacial score (nSPS) is 23.6. The molecular formula is C26H32N4O4S. The number of nitrogens with one attached hydrogen (secondary N) is 1. The monoisotopic (exact) mass is 496 g/mol. The number of sulfonamides is 1. The SMILES string of the molecule is Cc1ccc(S(=O)(=O)N2CCN(CN3C(=O)NC(C)(c4ccc5c(c4)CCC5)C3=O)CC2)cc1C. The highest BCUT2D eigenvalue weighted by Gasteiger charge is 2.49. The van der Waals surface area contributed by atoms with Gasteiger partial charge in [-0.2, -0.15) is 4.31 Å². The Kier molecular flexibility index (Phi) is 5.97. The molecule has 35 heavy (non-hydrogen) atoms. The van der Waals surface area contributed by atoms with Gasteiger partial charge in [0.15, 0.2) is 0 Å². The molecule has 1 N–H and O–H groups in total. The van der Waals surface area contributed by atoms with Crippen LogP contribution in [-0.4, -0.2) is 67.3 Å². The van der Waals surface area contributed by atoms with Crippen LogP contribution in [0.25, 0.3) is 0 Å². The second-order valence-corrected chi connectivity index (χ2v) is 12.0. The number of fused-ring (bicyclic) bond motifs is 1. The third-order valence-electron chi connectivity index (χ3n) is 7.74. The van der Waals surface area contributed by atoms with Crippen molar-refractivity contribution in [3.8, 4) is 0 Å². The largest absolute Gasteiger partial charge is 0.326 e. The Morgan fingerprint density at radius 2 is 1.63 bits per heavy atom. The summed E-state index contributed by atoms with van der Waals surface area (Å²) in [5.74, 6) is -0.273. The van der Waals surface area contributed by atoms with Crippen LogP contribution in [0.15, 0.2) is 41.3 Å². The lowest BCUT2D eigenvalue weighted by Crippen LogP contribution is -2.52. The van der Waals surface area contributed by atoms with Crippen molar-refractivity contribution in [2.45, 2.75) is 50.5 Å². The van der Waals surface area contributed by atoms with Gasteiger partial charge >= 0.3 is 6.03 Å². The number of hydrogen-bond acceptors (Lipinski definition) is 5. The number of carbonyl (C=O) groups is 2. The summed E-state index contributed by atoms with van der Waals surface area (Å²) in [6.45, 7) is 7.26. The summed E-state index contributed by atoms with van der Waals surface area (Å²) in [5, 5.41) is 2.90. The maximum Gasteiger partial charge on any atom is 0.326 e. The van der Waals surface area contributed by atoms with Gasteiger partial charge in [-0.05, 0) is 80.0 Å². The molecule has 2 aliphatic heterocycles.